The van der Waals surface area contributed by atoms with E-state index in [2.05, 4.69) is 15.4 Å². The zero-order valence-electron chi connectivity index (χ0n) is 8.17. The number of rotatable bonds is 4. The molecule has 1 heterocycles. The minimum atomic E-state index is -4.53. The van der Waals surface area contributed by atoms with E-state index >= 15 is 0 Å². The summed E-state index contributed by atoms with van der Waals surface area (Å²) in [6.45, 7) is 0. The first-order chi connectivity index (χ1) is 7.91. The van der Waals surface area contributed by atoms with E-state index in [4.69, 9.17) is 17.5 Å². The quantitative estimate of drug-likeness (QED) is 0.252. The number of nitrogens with one attached hydrogen (secondary N) is 3. The summed E-state index contributed by atoms with van der Waals surface area (Å²) in [7, 11) is 0. The van der Waals surface area contributed by atoms with Gasteiger partial charge in [0.25, 0.3) is 0 Å². The van der Waals surface area contributed by atoms with Crippen LogP contribution >= 0.6 is 11.8 Å². The van der Waals surface area contributed by atoms with E-state index in [1.807, 2.05) is 10.9 Å². The van der Waals surface area contributed by atoms with Gasteiger partial charge in [-0.25, -0.2) is 17.5 Å². The van der Waals surface area contributed by atoms with Crippen molar-refractivity contribution in [2.75, 3.05) is 16.3 Å². The molecule has 0 radical (unpaired) electrons. The topological polar surface area (TPSA) is 140 Å². The van der Waals surface area contributed by atoms with Crippen LogP contribution < -0.4 is 33.8 Å². The number of hydrazine groups is 3. The molecular weight excluding hydrogens is 261 g/mol. The standard InChI is InChI=1S/C5H9F3N8S/c6-5(7,8)17-1-2(14-9)12-4(16-11)13-3(1)15-10/h9-11H2,(H3,12,13,14,15,16). The molecule has 0 saturated carbocycles. The Balaban J connectivity index is 3.24. The highest BCUT2D eigenvalue weighted by atomic mass is 32.2. The molecule has 0 unspecified atom stereocenters. The maximum Gasteiger partial charge on any atom is 0.446 e. The molecule has 1 aromatic rings. The summed E-state index contributed by atoms with van der Waals surface area (Å²) in [6.07, 6.45) is 0. The Kier molecular flexibility index (Phi) is 4.17. The van der Waals surface area contributed by atoms with Crippen molar-refractivity contribution in [3.63, 3.8) is 0 Å². The highest BCUT2D eigenvalue weighted by Gasteiger charge is 2.33. The molecule has 1 rings (SSSR count). The average Bonchev–Trinajstić information content (AvgIpc) is 2.27. The van der Waals surface area contributed by atoms with Crippen molar-refractivity contribution in [3.05, 3.63) is 0 Å². The number of anilines is 3. The van der Waals surface area contributed by atoms with Gasteiger partial charge < -0.3 is 10.9 Å². The molecule has 0 amide bonds. The smallest absolute Gasteiger partial charge is 0.307 e. The highest BCUT2D eigenvalue weighted by molar-refractivity contribution is 8.00. The Bertz CT molecular complexity index is 370. The first-order valence-corrected chi connectivity index (χ1v) is 4.80. The monoisotopic (exact) mass is 270 g/mol. The van der Waals surface area contributed by atoms with E-state index in [9.17, 15) is 13.2 Å². The number of nitrogens with zero attached hydrogens (tertiary/aromatic N) is 2. The molecular formula is C5H9F3N8S. The van der Waals surface area contributed by atoms with Crippen molar-refractivity contribution in [2.24, 2.45) is 17.5 Å². The third-order valence-corrected chi connectivity index (χ3v) is 2.31. The van der Waals surface area contributed by atoms with Gasteiger partial charge in [-0.2, -0.15) is 23.1 Å². The van der Waals surface area contributed by atoms with Crippen LogP contribution in [0.1, 0.15) is 0 Å². The predicted molar refractivity (Wildman–Crippen MR) is 57.4 cm³/mol. The van der Waals surface area contributed by atoms with Crippen LogP contribution in [-0.4, -0.2) is 15.5 Å². The van der Waals surface area contributed by atoms with Crippen LogP contribution in [0.2, 0.25) is 0 Å². The Hall–Kier alpha value is -1.50. The van der Waals surface area contributed by atoms with Crippen LogP contribution in [-0.2, 0) is 0 Å². The molecule has 0 spiro atoms. The van der Waals surface area contributed by atoms with Crippen molar-refractivity contribution < 1.29 is 13.2 Å². The largest absolute Gasteiger partial charge is 0.446 e. The maximum atomic E-state index is 12.3. The van der Waals surface area contributed by atoms with Gasteiger partial charge in [0.2, 0.25) is 5.95 Å². The number of aromatic nitrogens is 2. The Morgan fingerprint density at radius 3 is 1.71 bits per heavy atom. The minimum absolute atomic E-state index is 0.141. The first kappa shape index (κ1) is 13.6. The second-order valence-electron chi connectivity index (χ2n) is 2.55. The van der Waals surface area contributed by atoms with Gasteiger partial charge in [0, 0.05) is 0 Å². The number of halogens is 3. The predicted octanol–water partition coefficient (Wildman–Crippen LogP) is -0.0547. The highest BCUT2D eigenvalue weighted by Crippen LogP contribution is 2.43. The molecule has 0 aliphatic carbocycles. The maximum absolute atomic E-state index is 12.3. The van der Waals surface area contributed by atoms with Crippen LogP contribution in [0, 0.1) is 0 Å². The second kappa shape index (κ2) is 5.22. The molecule has 0 saturated heterocycles. The molecule has 8 nitrogen and oxygen atoms in total. The van der Waals surface area contributed by atoms with Crippen molar-refractivity contribution in [1.82, 2.24) is 9.97 Å². The summed E-state index contributed by atoms with van der Waals surface area (Å²) in [5, 5.41) is 0. The second-order valence-corrected chi connectivity index (χ2v) is 3.63. The van der Waals surface area contributed by atoms with E-state index < -0.39 is 17.3 Å². The van der Waals surface area contributed by atoms with Crippen molar-refractivity contribution in [2.45, 2.75) is 10.4 Å². The first-order valence-electron chi connectivity index (χ1n) is 3.99. The van der Waals surface area contributed by atoms with Gasteiger partial charge in [0.15, 0.2) is 11.6 Å². The van der Waals surface area contributed by atoms with Gasteiger partial charge in [-0.05, 0) is 11.8 Å². The SMILES string of the molecule is NNc1nc(NN)c(SC(F)(F)F)c(NN)n1. The van der Waals surface area contributed by atoms with Crippen LogP contribution in [0.15, 0.2) is 4.90 Å². The Morgan fingerprint density at radius 2 is 1.41 bits per heavy atom. The van der Waals surface area contributed by atoms with Crippen LogP contribution in [0.3, 0.4) is 0 Å². The number of thioether (sulfide) groups is 1. The van der Waals surface area contributed by atoms with Gasteiger partial charge in [0.1, 0.15) is 4.90 Å². The Morgan fingerprint density at radius 1 is 0.941 bits per heavy atom. The zero-order chi connectivity index (χ0) is 13.1. The molecule has 9 N–H and O–H groups in total. The zero-order valence-corrected chi connectivity index (χ0v) is 8.99. The molecule has 0 aliphatic rings. The van der Waals surface area contributed by atoms with Gasteiger partial charge >= 0.3 is 5.51 Å². The van der Waals surface area contributed by atoms with Crippen molar-refractivity contribution in [1.29, 1.82) is 0 Å². The lowest BCUT2D eigenvalue weighted by atomic mass is 10.5. The van der Waals surface area contributed by atoms with Crippen molar-refractivity contribution in [3.8, 4) is 0 Å². The molecule has 0 bridgehead atoms. The van der Waals surface area contributed by atoms with Gasteiger partial charge in [-0.1, -0.05) is 0 Å². The van der Waals surface area contributed by atoms with E-state index in [0.717, 1.165) is 0 Å². The fourth-order valence-electron chi connectivity index (χ4n) is 0.923. The molecule has 1 aromatic heterocycles. The lowest BCUT2D eigenvalue weighted by molar-refractivity contribution is -0.0327. The molecule has 96 valence electrons. The van der Waals surface area contributed by atoms with Gasteiger partial charge in [-0.15, -0.1) is 0 Å². The lowest BCUT2D eigenvalue weighted by Crippen LogP contribution is -2.19. The number of hydrogen-bond donors (Lipinski definition) is 6. The molecule has 0 aliphatic heterocycles. The van der Waals surface area contributed by atoms with Crippen LogP contribution in [0.5, 0.6) is 0 Å². The lowest BCUT2D eigenvalue weighted by Gasteiger charge is -2.14. The third kappa shape index (κ3) is 3.48. The summed E-state index contributed by atoms with van der Waals surface area (Å²) in [6, 6.07) is 0. The van der Waals surface area contributed by atoms with Crippen LogP contribution in [0.25, 0.3) is 0 Å². The molecule has 0 fully saturated rings. The average molecular weight is 270 g/mol. The summed E-state index contributed by atoms with van der Waals surface area (Å²) in [4.78, 5) is 6.82. The Labute approximate surface area is 97.4 Å². The van der Waals surface area contributed by atoms with Crippen LogP contribution in [0.4, 0.5) is 30.8 Å². The summed E-state index contributed by atoms with van der Waals surface area (Å²) >= 11 is -0.456. The number of hydrogen-bond acceptors (Lipinski definition) is 9. The molecule has 12 heteroatoms. The van der Waals surface area contributed by atoms with Gasteiger partial charge in [0.05, 0.1) is 0 Å². The summed E-state index contributed by atoms with van der Waals surface area (Å²) < 4.78 is 36.9. The van der Waals surface area contributed by atoms with E-state index in [0.29, 0.717) is 0 Å². The van der Waals surface area contributed by atoms with Gasteiger partial charge in [-0.3, -0.25) is 5.43 Å². The van der Waals surface area contributed by atoms with E-state index in [1.165, 1.54) is 0 Å². The summed E-state index contributed by atoms with van der Waals surface area (Å²) in [5.74, 6) is 14.5. The normalized spacial score (nSPS) is 11.2. The third-order valence-electron chi connectivity index (χ3n) is 1.49. The van der Waals surface area contributed by atoms with E-state index in [-0.39, 0.29) is 22.5 Å². The molecule has 17 heavy (non-hydrogen) atoms. The molecule has 0 atom stereocenters. The molecule has 0 aromatic carbocycles. The number of alkyl halides is 3. The van der Waals surface area contributed by atoms with Crippen molar-refractivity contribution >= 4 is 29.3 Å². The fourth-order valence-corrected chi connectivity index (χ4v) is 1.56. The van der Waals surface area contributed by atoms with E-state index in [1.54, 1.807) is 0 Å². The number of nitrogen functional groups attached to an aromatic ring is 3. The fraction of sp³-hybridized carbons (Fsp3) is 0.200. The number of nitrogens with two attached hydrogens (primary N) is 3. The summed E-state index contributed by atoms with van der Waals surface area (Å²) in [5.41, 5.74) is 1.54. The minimum Gasteiger partial charge on any atom is -0.307 e.